The number of unbranched alkanes of at least 4 members (excludes halogenated alkanes) is 1. The Kier molecular flexibility index (Phi) is 6.37. The van der Waals surface area contributed by atoms with Gasteiger partial charge in [-0.25, -0.2) is 16.8 Å². The molecule has 0 atom stereocenters. The predicted molar refractivity (Wildman–Crippen MR) is 98.6 cm³/mol. The average molecular weight is 376 g/mol. The van der Waals surface area contributed by atoms with Crippen molar-refractivity contribution in [2.45, 2.75) is 33.6 Å². The molecule has 0 aliphatic rings. The highest BCUT2D eigenvalue weighted by Crippen LogP contribution is 2.29. The summed E-state index contributed by atoms with van der Waals surface area (Å²) in [5.74, 6) is 0. The Balaban J connectivity index is 2.48. The van der Waals surface area contributed by atoms with E-state index in [9.17, 15) is 16.8 Å². The minimum atomic E-state index is -4.03. The summed E-state index contributed by atoms with van der Waals surface area (Å²) in [4.78, 5) is 0.0255. The summed E-state index contributed by atoms with van der Waals surface area (Å²) in [6.45, 7) is 3.45. The fourth-order valence-electron chi connectivity index (χ4n) is 2.49. The van der Waals surface area contributed by atoms with Crippen LogP contribution in [0.3, 0.4) is 0 Å². The molecule has 0 saturated carbocycles. The molecular weight excluding hydrogens is 356 g/mol. The number of benzene rings is 2. The lowest BCUT2D eigenvalue weighted by molar-refractivity contribution is 0.565. The van der Waals surface area contributed by atoms with Gasteiger partial charge in [-0.05, 0) is 49.6 Å². The normalized spacial score (nSPS) is 11.9. The third-order valence-electron chi connectivity index (χ3n) is 3.77. The van der Waals surface area contributed by atoms with Crippen molar-refractivity contribution in [1.29, 1.82) is 0 Å². The smallest absolute Gasteiger partial charge is 0.195 e. The SMILES string of the molecule is C=C=CCCCC(S(=O)(=O)c1ccccc1)S(=O)(=O)c1ccccc1. The average Bonchev–Trinajstić information content (AvgIpc) is 2.62. The molecule has 2 rings (SSSR count). The van der Waals surface area contributed by atoms with Crippen LogP contribution in [0.25, 0.3) is 0 Å². The number of sulfone groups is 2. The van der Waals surface area contributed by atoms with E-state index in [2.05, 4.69) is 12.3 Å². The molecule has 0 N–H and O–H groups in total. The van der Waals surface area contributed by atoms with Crippen molar-refractivity contribution in [2.24, 2.45) is 0 Å². The predicted octanol–water partition coefficient (Wildman–Crippen LogP) is 3.77. The number of hydrogen-bond donors (Lipinski definition) is 0. The van der Waals surface area contributed by atoms with Crippen LogP contribution < -0.4 is 0 Å². The van der Waals surface area contributed by atoms with Crippen LogP contribution in [-0.4, -0.2) is 21.4 Å². The first-order chi connectivity index (χ1) is 11.9. The molecule has 0 unspecified atom stereocenters. The highest BCUT2D eigenvalue weighted by Gasteiger charge is 2.39. The van der Waals surface area contributed by atoms with Gasteiger partial charge < -0.3 is 0 Å². The van der Waals surface area contributed by atoms with E-state index in [4.69, 9.17) is 0 Å². The minimum absolute atomic E-state index is 0.00658. The van der Waals surface area contributed by atoms with Gasteiger partial charge in [0.15, 0.2) is 24.3 Å². The maximum atomic E-state index is 13.0. The van der Waals surface area contributed by atoms with E-state index in [1.165, 1.54) is 24.3 Å². The summed E-state index contributed by atoms with van der Waals surface area (Å²) < 4.78 is 50.5. The number of hydrogen-bond acceptors (Lipinski definition) is 4. The summed E-state index contributed by atoms with van der Waals surface area (Å²) in [5.41, 5.74) is 2.61. The van der Waals surface area contributed by atoms with Crippen LogP contribution in [0.2, 0.25) is 0 Å². The Morgan fingerprint density at radius 2 is 1.28 bits per heavy atom. The zero-order valence-electron chi connectivity index (χ0n) is 13.7. The molecule has 0 radical (unpaired) electrons. The lowest BCUT2D eigenvalue weighted by atomic mass is 10.2. The Morgan fingerprint density at radius 3 is 1.68 bits per heavy atom. The monoisotopic (exact) mass is 376 g/mol. The number of allylic oxidation sites excluding steroid dienone is 1. The van der Waals surface area contributed by atoms with Crippen molar-refractivity contribution in [1.82, 2.24) is 0 Å². The first kappa shape index (κ1) is 19.2. The lowest BCUT2D eigenvalue weighted by Gasteiger charge is -2.18. The van der Waals surface area contributed by atoms with Crippen molar-refractivity contribution in [2.75, 3.05) is 0 Å². The zero-order chi connectivity index (χ0) is 18.3. The van der Waals surface area contributed by atoms with E-state index in [0.29, 0.717) is 12.8 Å². The van der Waals surface area contributed by atoms with Crippen molar-refractivity contribution >= 4 is 19.7 Å². The largest absolute Gasteiger partial charge is 0.222 e. The highest BCUT2D eigenvalue weighted by atomic mass is 32.3. The molecule has 2 aromatic carbocycles. The highest BCUT2D eigenvalue weighted by molar-refractivity contribution is 8.09. The van der Waals surface area contributed by atoms with Crippen LogP contribution in [-0.2, 0) is 19.7 Å². The minimum Gasteiger partial charge on any atom is -0.222 e. The molecule has 4 nitrogen and oxygen atoms in total. The van der Waals surface area contributed by atoms with Gasteiger partial charge in [-0.15, -0.1) is 5.73 Å². The second-order valence-electron chi connectivity index (χ2n) is 5.48. The molecule has 0 heterocycles. The Morgan fingerprint density at radius 1 is 0.840 bits per heavy atom. The third kappa shape index (κ3) is 4.48. The standard InChI is InChI=1S/C19H20O4S2/c1-2-3-4-11-16-19(24(20,21)17-12-7-5-8-13-17)25(22,23)18-14-9-6-10-15-18/h3,5-10,12-15,19H,1,4,11,16H2. The molecule has 0 saturated heterocycles. The van der Waals surface area contributed by atoms with Crippen molar-refractivity contribution < 1.29 is 16.8 Å². The van der Waals surface area contributed by atoms with Gasteiger partial charge in [0.2, 0.25) is 0 Å². The maximum absolute atomic E-state index is 13.0. The van der Waals surface area contributed by atoms with Gasteiger partial charge in [-0.3, -0.25) is 0 Å². The lowest BCUT2D eigenvalue weighted by Crippen LogP contribution is -2.31. The van der Waals surface area contributed by atoms with Gasteiger partial charge in [-0.2, -0.15) is 0 Å². The van der Waals surface area contributed by atoms with Crippen LogP contribution >= 0.6 is 0 Å². The summed E-state index contributed by atoms with van der Waals surface area (Å²) in [7, 11) is -8.06. The van der Waals surface area contributed by atoms with Crippen molar-refractivity contribution in [3.05, 3.63) is 79.0 Å². The van der Waals surface area contributed by atoms with E-state index in [0.717, 1.165) is 0 Å². The molecule has 0 spiro atoms. The molecule has 0 aliphatic carbocycles. The van der Waals surface area contributed by atoms with Gasteiger partial charge >= 0.3 is 0 Å². The second kappa shape index (κ2) is 8.30. The van der Waals surface area contributed by atoms with Gasteiger partial charge in [0.25, 0.3) is 0 Å². The topological polar surface area (TPSA) is 68.3 Å². The molecule has 6 heteroatoms. The van der Waals surface area contributed by atoms with Gasteiger partial charge in [0.1, 0.15) is 0 Å². The van der Waals surface area contributed by atoms with Crippen molar-refractivity contribution in [3.8, 4) is 0 Å². The van der Waals surface area contributed by atoms with Gasteiger partial charge in [-0.1, -0.05) is 43.0 Å². The first-order valence-electron chi connectivity index (χ1n) is 7.83. The Labute approximate surface area is 149 Å². The quantitative estimate of drug-likeness (QED) is 0.519. The molecule has 0 aliphatic heterocycles. The molecule has 0 bridgehead atoms. The molecule has 0 fully saturated rings. The summed E-state index contributed by atoms with van der Waals surface area (Å²) >= 11 is 0. The van der Waals surface area contributed by atoms with Crippen LogP contribution in [0, 0.1) is 0 Å². The second-order valence-corrected chi connectivity index (χ2v) is 10.0. The molecule has 0 aromatic heterocycles. The fraction of sp³-hybridized carbons (Fsp3) is 0.211. The van der Waals surface area contributed by atoms with E-state index >= 15 is 0 Å². The van der Waals surface area contributed by atoms with Crippen molar-refractivity contribution in [3.63, 3.8) is 0 Å². The van der Waals surface area contributed by atoms with Crippen LogP contribution in [0.4, 0.5) is 0 Å². The molecule has 2 aromatic rings. The van der Waals surface area contributed by atoms with E-state index in [1.54, 1.807) is 42.5 Å². The van der Waals surface area contributed by atoms with Crippen LogP contribution in [0.1, 0.15) is 19.3 Å². The van der Waals surface area contributed by atoms with Gasteiger partial charge in [0, 0.05) is 0 Å². The van der Waals surface area contributed by atoms with E-state index in [1.807, 2.05) is 0 Å². The fourth-order valence-corrected chi connectivity index (χ4v) is 7.12. The van der Waals surface area contributed by atoms with Gasteiger partial charge in [0.05, 0.1) is 9.79 Å². The maximum Gasteiger partial charge on any atom is 0.195 e. The Hall–Kier alpha value is -2.14. The molecule has 132 valence electrons. The summed E-state index contributed by atoms with van der Waals surface area (Å²) in [5, 5.41) is 0. The Bertz CT molecular complexity index is 871. The molecule has 0 amide bonds. The third-order valence-corrected chi connectivity index (χ3v) is 9.00. The number of rotatable bonds is 8. The van der Waals surface area contributed by atoms with Crippen LogP contribution in [0.5, 0.6) is 0 Å². The van der Waals surface area contributed by atoms with E-state index in [-0.39, 0.29) is 16.2 Å². The molecule has 25 heavy (non-hydrogen) atoms. The molecular formula is C19H20O4S2. The zero-order valence-corrected chi connectivity index (χ0v) is 15.3. The summed E-state index contributed by atoms with van der Waals surface area (Å²) in [6, 6.07) is 15.4. The van der Waals surface area contributed by atoms with Crippen LogP contribution in [0.15, 0.2) is 88.8 Å². The summed E-state index contributed by atoms with van der Waals surface area (Å²) in [6.07, 6.45) is 2.61. The first-order valence-corrected chi connectivity index (χ1v) is 10.9. The van der Waals surface area contributed by atoms with E-state index < -0.39 is 24.3 Å².